The van der Waals surface area contributed by atoms with Crippen molar-refractivity contribution in [3.8, 4) is 0 Å². The van der Waals surface area contributed by atoms with Gasteiger partial charge >= 0.3 is 12.1 Å². The molecule has 0 radical (unpaired) electrons. The van der Waals surface area contributed by atoms with Crippen LogP contribution in [-0.2, 0) is 9.53 Å². The number of hydrogen-bond donors (Lipinski definition) is 1. The number of rotatable bonds is 4. The first kappa shape index (κ1) is 19.9. The van der Waals surface area contributed by atoms with Crippen LogP contribution in [0.2, 0.25) is 0 Å². The standard InChI is InChI=1S/C19H24FNO5/c1-12-6-7-13(10-14(12)20)15(22)11-19(16(23)24)8-5-9-21(19)17(25)26-18(2,3)4/h6-7,10H,5,8-9,11H2,1-4H3,(H,23,24). The second-order valence-corrected chi connectivity index (χ2v) is 7.64. The van der Waals surface area contributed by atoms with Crippen LogP contribution in [0.1, 0.15) is 56.0 Å². The van der Waals surface area contributed by atoms with E-state index in [-0.39, 0.29) is 18.5 Å². The molecular weight excluding hydrogens is 341 g/mol. The van der Waals surface area contributed by atoms with Gasteiger partial charge in [-0.15, -0.1) is 0 Å². The summed E-state index contributed by atoms with van der Waals surface area (Å²) < 4.78 is 19.0. The fraction of sp³-hybridized carbons (Fsp3) is 0.526. The molecule has 6 nitrogen and oxygen atoms in total. The Balaban J connectivity index is 2.30. The lowest BCUT2D eigenvalue weighted by molar-refractivity contribution is -0.149. The van der Waals surface area contributed by atoms with Crippen LogP contribution in [0.4, 0.5) is 9.18 Å². The van der Waals surface area contributed by atoms with E-state index in [2.05, 4.69) is 0 Å². The molecule has 0 aliphatic carbocycles. The van der Waals surface area contributed by atoms with Crippen molar-refractivity contribution in [1.29, 1.82) is 0 Å². The zero-order valence-corrected chi connectivity index (χ0v) is 15.5. The first-order valence-corrected chi connectivity index (χ1v) is 8.50. The Morgan fingerprint density at radius 2 is 1.96 bits per heavy atom. The highest BCUT2D eigenvalue weighted by Crippen LogP contribution is 2.35. The summed E-state index contributed by atoms with van der Waals surface area (Å²) in [6, 6.07) is 4.03. The van der Waals surface area contributed by atoms with E-state index in [1.807, 2.05) is 0 Å². The molecule has 0 spiro atoms. The molecule has 0 saturated carbocycles. The minimum Gasteiger partial charge on any atom is -0.479 e. The van der Waals surface area contributed by atoms with Gasteiger partial charge in [-0.3, -0.25) is 9.69 Å². The normalized spacial score (nSPS) is 20.1. The number of hydrogen-bond acceptors (Lipinski definition) is 4. The topological polar surface area (TPSA) is 83.9 Å². The Labute approximate surface area is 151 Å². The molecule has 1 aliphatic rings. The number of halogens is 1. The van der Waals surface area contributed by atoms with E-state index < -0.39 is 41.2 Å². The van der Waals surface area contributed by atoms with Crippen LogP contribution in [0.5, 0.6) is 0 Å². The van der Waals surface area contributed by atoms with Crippen molar-refractivity contribution in [2.45, 2.75) is 58.1 Å². The molecule has 1 saturated heterocycles. The van der Waals surface area contributed by atoms with Crippen molar-refractivity contribution in [1.82, 2.24) is 4.90 Å². The van der Waals surface area contributed by atoms with E-state index in [1.165, 1.54) is 12.1 Å². The molecule has 7 heteroatoms. The van der Waals surface area contributed by atoms with Gasteiger partial charge in [-0.25, -0.2) is 14.0 Å². The number of ether oxygens (including phenoxy) is 1. The van der Waals surface area contributed by atoms with Crippen LogP contribution < -0.4 is 0 Å². The second-order valence-electron chi connectivity index (χ2n) is 7.64. The lowest BCUT2D eigenvalue weighted by atomic mass is 9.87. The molecule has 1 aromatic rings. The summed E-state index contributed by atoms with van der Waals surface area (Å²) in [7, 11) is 0. The summed E-state index contributed by atoms with van der Waals surface area (Å²) in [4.78, 5) is 38.2. The van der Waals surface area contributed by atoms with Crippen LogP contribution in [0, 0.1) is 12.7 Å². The van der Waals surface area contributed by atoms with Crippen LogP contribution in [0.3, 0.4) is 0 Å². The van der Waals surface area contributed by atoms with Gasteiger partial charge in [-0.05, 0) is 52.2 Å². The quantitative estimate of drug-likeness (QED) is 0.825. The highest BCUT2D eigenvalue weighted by Gasteiger charge is 2.52. The second kappa shape index (κ2) is 7.05. The summed E-state index contributed by atoms with van der Waals surface area (Å²) in [5, 5.41) is 9.80. The smallest absolute Gasteiger partial charge is 0.411 e. The van der Waals surface area contributed by atoms with E-state index in [0.717, 1.165) is 11.0 Å². The molecule has 2 rings (SSSR count). The number of benzene rings is 1. The predicted molar refractivity (Wildman–Crippen MR) is 92.6 cm³/mol. The third-order valence-electron chi connectivity index (χ3n) is 4.45. The first-order valence-electron chi connectivity index (χ1n) is 8.50. The van der Waals surface area contributed by atoms with E-state index >= 15 is 0 Å². The lowest BCUT2D eigenvalue weighted by Crippen LogP contribution is -2.55. The first-order chi connectivity index (χ1) is 12.0. The third kappa shape index (κ3) is 4.03. The molecule has 1 aliphatic heterocycles. The largest absolute Gasteiger partial charge is 0.479 e. The predicted octanol–water partition coefficient (Wildman–Crippen LogP) is 3.56. The number of carbonyl (C=O) groups is 3. The zero-order valence-electron chi connectivity index (χ0n) is 15.5. The van der Waals surface area contributed by atoms with Gasteiger partial charge in [0.25, 0.3) is 0 Å². The maximum atomic E-state index is 13.7. The molecule has 0 bridgehead atoms. The van der Waals surface area contributed by atoms with E-state index in [1.54, 1.807) is 27.7 Å². The van der Waals surface area contributed by atoms with Gasteiger partial charge in [0, 0.05) is 18.5 Å². The highest BCUT2D eigenvalue weighted by molar-refractivity contribution is 6.01. The summed E-state index contributed by atoms with van der Waals surface area (Å²) >= 11 is 0. The number of carboxylic acid groups (broad SMARTS) is 1. The monoisotopic (exact) mass is 365 g/mol. The van der Waals surface area contributed by atoms with Gasteiger partial charge in [-0.1, -0.05) is 12.1 Å². The van der Waals surface area contributed by atoms with Crippen molar-refractivity contribution in [2.75, 3.05) is 6.54 Å². The molecule has 26 heavy (non-hydrogen) atoms. The number of likely N-dealkylation sites (tertiary alicyclic amines) is 1. The summed E-state index contributed by atoms with van der Waals surface area (Å²) in [5.41, 5.74) is -1.98. The summed E-state index contributed by atoms with van der Waals surface area (Å²) in [5.74, 6) is -2.32. The Bertz CT molecular complexity index is 740. The van der Waals surface area contributed by atoms with E-state index in [9.17, 15) is 23.9 Å². The molecule has 1 fully saturated rings. The molecule has 1 aromatic carbocycles. The number of carbonyl (C=O) groups excluding carboxylic acids is 2. The van der Waals surface area contributed by atoms with Crippen LogP contribution >= 0.6 is 0 Å². The molecule has 1 N–H and O–H groups in total. The molecular formula is C19H24FNO5. The third-order valence-corrected chi connectivity index (χ3v) is 4.45. The SMILES string of the molecule is Cc1ccc(C(=O)CC2(C(=O)O)CCCN2C(=O)OC(C)(C)C)cc1F. The number of carboxylic acids is 1. The number of aliphatic carboxylic acids is 1. The molecule has 0 aromatic heterocycles. The van der Waals surface area contributed by atoms with Crippen molar-refractivity contribution in [2.24, 2.45) is 0 Å². The maximum Gasteiger partial charge on any atom is 0.411 e. The number of amides is 1. The molecule has 1 heterocycles. The highest BCUT2D eigenvalue weighted by atomic mass is 19.1. The van der Waals surface area contributed by atoms with Crippen molar-refractivity contribution >= 4 is 17.8 Å². The summed E-state index contributed by atoms with van der Waals surface area (Å²) in [6.07, 6.45) is -0.604. The molecule has 1 atom stereocenters. The molecule has 1 amide bonds. The Morgan fingerprint density at radius 1 is 1.31 bits per heavy atom. The van der Waals surface area contributed by atoms with Crippen molar-refractivity contribution in [3.05, 3.63) is 35.1 Å². The fourth-order valence-corrected chi connectivity index (χ4v) is 3.08. The van der Waals surface area contributed by atoms with Crippen molar-refractivity contribution < 1.29 is 28.6 Å². The number of aryl methyl sites for hydroxylation is 1. The van der Waals surface area contributed by atoms with Gasteiger partial charge in [0.05, 0.1) is 0 Å². The maximum absolute atomic E-state index is 13.7. The van der Waals surface area contributed by atoms with Gasteiger partial charge < -0.3 is 9.84 Å². The fourth-order valence-electron chi connectivity index (χ4n) is 3.08. The number of ketones is 1. The van der Waals surface area contributed by atoms with E-state index in [0.29, 0.717) is 12.0 Å². The van der Waals surface area contributed by atoms with Crippen LogP contribution in [-0.4, -0.2) is 45.5 Å². The molecule has 1 unspecified atom stereocenters. The Kier molecular flexibility index (Phi) is 5.39. The Hall–Kier alpha value is -2.44. The average Bonchev–Trinajstić information content (AvgIpc) is 2.93. The Morgan fingerprint density at radius 3 is 2.50 bits per heavy atom. The summed E-state index contributed by atoms with van der Waals surface area (Å²) in [6.45, 7) is 6.82. The lowest BCUT2D eigenvalue weighted by Gasteiger charge is -2.35. The average molecular weight is 365 g/mol. The van der Waals surface area contributed by atoms with Gasteiger partial charge in [-0.2, -0.15) is 0 Å². The van der Waals surface area contributed by atoms with Gasteiger partial charge in [0.2, 0.25) is 0 Å². The van der Waals surface area contributed by atoms with Crippen LogP contribution in [0.25, 0.3) is 0 Å². The zero-order chi connectivity index (χ0) is 19.7. The van der Waals surface area contributed by atoms with Crippen molar-refractivity contribution in [3.63, 3.8) is 0 Å². The van der Waals surface area contributed by atoms with Gasteiger partial charge in [0.1, 0.15) is 11.4 Å². The molecule has 142 valence electrons. The number of Topliss-reactive ketones (excluding diaryl/α,β-unsaturated/α-hetero) is 1. The minimum absolute atomic E-state index is 0.0877. The van der Waals surface area contributed by atoms with Crippen LogP contribution in [0.15, 0.2) is 18.2 Å². The van der Waals surface area contributed by atoms with E-state index in [4.69, 9.17) is 4.74 Å². The number of nitrogens with zero attached hydrogens (tertiary/aromatic N) is 1. The van der Waals surface area contributed by atoms with Gasteiger partial charge in [0.15, 0.2) is 11.3 Å². The minimum atomic E-state index is -1.68.